The summed E-state index contributed by atoms with van der Waals surface area (Å²) in [6.07, 6.45) is 16.2. The summed E-state index contributed by atoms with van der Waals surface area (Å²) in [6, 6.07) is 2.09. The monoisotopic (exact) mass is 382 g/mol. The van der Waals surface area contributed by atoms with E-state index in [1.54, 1.807) is 0 Å². The number of aliphatic hydroxyl groups is 1. The normalized spacial score (nSPS) is 46.9. The van der Waals surface area contributed by atoms with Gasteiger partial charge in [-0.2, -0.15) is 5.10 Å². The summed E-state index contributed by atoms with van der Waals surface area (Å²) in [6.45, 7) is 8.04. The molecule has 4 aliphatic rings. The maximum absolute atomic E-state index is 11.4. The van der Waals surface area contributed by atoms with E-state index in [1.165, 1.54) is 56.9 Å². The predicted octanol–water partition coefficient (Wildman–Crippen LogP) is 5.69. The van der Waals surface area contributed by atoms with Gasteiger partial charge >= 0.3 is 0 Å². The Morgan fingerprint density at radius 1 is 1.11 bits per heavy atom. The number of fused-ring (bicyclic) bond motifs is 5. The van der Waals surface area contributed by atoms with Crippen molar-refractivity contribution in [1.82, 2.24) is 9.78 Å². The van der Waals surface area contributed by atoms with Gasteiger partial charge in [0.1, 0.15) is 0 Å². The molecule has 0 bridgehead atoms. The SMILES string of the molecule is CCn1ccc(/C=C2\C[C@H]3[C@@H]4CC[C@@H]5CCCC[C@]5(C)[C@H]4CC[C@]3(C)[C@@H]2O)n1. The number of rotatable bonds is 2. The third kappa shape index (κ3) is 2.68. The van der Waals surface area contributed by atoms with Gasteiger partial charge in [-0.05, 0) is 98.7 Å². The second-order valence-corrected chi connectivity index (χ2v) is 10.9. The van der Waals surface area contributed by atoms with E-state index in [0.29, 0.717) is 11.3 Å². The maximum Gasteiger partial charge on any atom is 0.0851 e. The van der Waals surface area contributed by atoms with E-state index >= 15 is 0 Å². The lowest BCUT2D eigenvalue weighted by Gasteiger charge is -2.60. The highest BCUT2D eigenvalue weighted by Crippen LogP contribution is 2.66. The summed E-state index contributed by atoms with van der Waals surface area (Å²) < 4.78 is 1.98. The van der Waals surface area contributed by atoms with Crippen LogP contribution in [0.4, 0.5) is 0 Å². The molecule has 1 heterocycles. The molecular formula is C25H38N2O. The number of aromatic nitrogens is 2. The van der Waals surface area contributed by atoms with Crippen LogP contribution in [0.15, 0.2) is 17.8 Å². The molecule has 0 spiro atoms. The summed E-state index contributed by atoms with van der Waals surface area (Å²) in [7, 11) is 0. The molecule has 3 heteroatoms. The van der Waals surface area contributed by atoms with Gasteiger partial charge in [0.2, 0.25) is 0 Å². The van der Waals surface area contributed by atoms with Crippen LogP contribution in [0.5, 0.6) is 0 Å². The Kier molecular flexibility index (Phi) is 4.54. The first-order valence-electron chi connectivity index (χ1n) is 11.9. The second-order valence-electron chi connectivity index (χ2n) is 10.9. The van der Waals surface area contributed by atoms with E-state index < -0.39 is 0 Å². The molecule has 4 fully saturated rings. The molecule has 4 saturated carbocycles. The van der Waals surface area contributed by atoms with Crippen LogP contribution in [-0.4, -0.2) is 21.0 Å². The third-order valence-electron chi connectivity index (χ3n) is 9.77. The summed E-state index contributed by atoms with van der Waals surface area (Å²) >= 11 is 0. The molecule has 0 unspecified atom stereocenters. The highest BCUT2D eigenvalue weighted by atomic mass is 16.3. The zero-order valence-electron chi connectivity index (χ0n) is 18.0. The van der Waals surface area contributed by atoms with Crippen molar-refractivity contribution in [2.45, 2.75) is 91.2 Å². The van der Waals surface area contributed by atoms with Crippen molar-refractivity contribution in [3.63, 3.8) is 0 Å². The van der Waals surface area contributed by atoms with E-state index in [9.17, 15) is 5.11 Å². The maximum atomic E-state index is 11.4. The van der Waals surface area contributed by atoms with Crippen molar-refractivity contribution < 1.29 is 5.11 Å². The fourth-order valence-electron chi connectivity index (χ4n) is 8.11. The highest BCUT2D eigenvalue weighted by molar-refractivity contribution is 5.52. The lowest BCUT2D eigenvalue weighted by molar-refractivity contribution is -0.119. The minimum Gasteiger partial charge on any atom is -0.388 e. The van der Waals surface area contributed by atoms with E-state index in [4.69, 9.17) is 0 Å². The molecule has 0 aromatic carbocycles. The predicted molar refractivity (Wildman–Crippen MR) is 114 cm³/mol. The average molecular weight is 383 g/mol. The highest BCUT2D eigenvalue weighted by Gasteiger charge is 2.60. The second kappa shape index (κ2) is 6.72. The Morgan fingerprint density at radius 2 is 1.96 bits per heavy atom. The van der Waals surface area contributed by atoms with Crippen molar-refractivity contribution >= 4 is 6.08 Å². The molecule has 4 aliphatic carbocycles. The van der Waals surface area contributed by atoms with Crippen LogP contribution in [0.3, 0.4) is 0 Å². The number of aliphatic hydroxyl groups excluding tert-OH is 1. The van der Waals surface area contributed by atoms with E-state index in [0.717, 1.165) is 36.4 Å². The van der Waals surface area contributed by atoms with Crippen LogP contribution in [0.2, 0.25) is 0 Å². The van der Waals surface area contributed by atoms with Crippen LogP contribution in [-0.2, 0) is 6.54 Å². The zero-order chi connectivity index (χ0) is 19.5. The van der Waals surface area contributed by atoms with Gasteiger partial charge in [-0.3, -0.25) is 4.68 Å². The van der Waals surface area contributed by atoms with Gasteiger partial charge in [0.15, 0.2) is 0 Å². The van der Waals surface area contributed by atoms with Crippen LogP contribution < -0.4 is 0 Å². The molecule has 0 saturated heterocycles. The molecule has 1 aromatic heterocycles. The van der Waals surface area contributed by atoms with Gasteiger partial charge in [-0.25, -0.2) is 0 Å². The van der Waals surface area contributed by atoms with Gasteiger partial charge < -0.3 is 5.11 Å². The fraction of sp³-hybridized carbons (Fsp3) is 0.800. The Hall–Kier alpha value is -1.09. The minimum atomic E-state index is -0.290. The standard InChI is InChI=1S/C25H38N2O/c1-4-27-14-11-19(26-27)15-17-16-22-20-9-8-18-7-5-6-12-24(18,2)21(20)10-13-25(22,3)23(17)28/h11,14-15,18,20-23,28H,4-10,12-13,16H2,1-3H3/b17-15+/t18-,20+,21-,22-,23+,24-,25-/m0/s1. The van der Waals surface area contributed by atoms with Gasteiger partial charge in [-0.15, -0.1) is 0 Å². The largest absolute Gasteiger partial charge is 0.388 e. The molecular weight excluding hydrogens is 344 g/mol. The van der Waals surface area contributed by atoms with Crippen molar-refractivity contribution in [3.8, 4) is 0 Å². The molecule has 5 rings (SSSR count). The van der Waals surface area contributed by atoms with E-state index in [2.05, 4.69) is 38.0 Å². The Bertz CT molecular complexity index is 766. The van der Waals surface area contributed by atoms with Crippen molar-refractivity contribution in [1.29, 1.82) is 0 Å². The minimum absolute atomic E-state index is 0.0676. The lowest BCUT2D eigenvalue weighted by Crippen LogP contribution is -2.53. The van der Waals surface area contributed by atoms with Crippen molar-refractivity contribution in [2.75, 3.05) is 0 Å². The van der Waals surface area contributed by atoms with E-state index in [1.807, 2.05) is 10.9 Å². The fourth-order valence-corrected chi connectivity index (χ4v) is 8.11. The summed E-state index contributed by atoms with van der Waals surface area (Å²) in [5.41, 5.74) is 2.89. The van der Waals surface area contributed by atoms with Gasteiger partial charge in [0, 0.05) is 18.2 Å². The quantitative estimate of drug-likeness (QED) is 0.713. The lowest BCUT2D eigenvalue weighted by atomic mass is 9.45. The van der Waals surface area contributed by atoms with Crippen LogP contribution in [0.25, 0.3) is 6.08 Å². The molecule has 0 radical (unpaired) electrons. The molecule has 1 N–H and O–H groups in total. The first-order valence-corrected chi connectivity index (χ1v) is 11.9. The summed E-state index contributed by atoms with van der Waals surface area (Å²) in [5, 5.41) is 16.0. The van der Waals surface area contributed by atoms with Gasteiger partial charge in [-0.1, -0.05) is 26.7 Å². The van der Waals surface area contributed by atoms with Crippen molar-refractivity contribution in [2.24, 2.45) is 34.5 Å². The topological polar surface area (TPSA) is 38.0 Å². The molecule has 3 nitrogen and oxygen atoms in total. The first-order chi connectivity index (χ1) is 13.5. The van der Waals surface area contributed by atoms with Crippen LogP contribution in [0.1, 0.15) is 84.3 Å². The molecule has 0 aliphatic heterocycles. The number of hydrogen-bond donors (Lipinski definition) is 1. The molecule has 0 amide bonds. The smallest absolute Gasteiger partial charge is 0.0851 e. The summed E-state index contributed by atoms with van der Waals surface area (Å²) in [4.78, 5) is 0. The average Bonchev–Trinajstić information content (AvgIpc) is 3.25. The summed E-state index contributed by atoms with van der Waals surface area (Å²) in [5.74, 6) is 3.31. The number of hydrogen-bond acceptors (Lipinski definition) is 2. The third-order valence-corrected chi connectivity index (χ3v) is 9.77. The van der Waals surface area contributed by atoms with Crippen LogP contribution in [0, 0.1) is 34.5 Å². The zero-order valence-corrected chi connectivity index (χ0v) is 18.0. The Morgan fingerprint density at radius 3 is 2.75 bits per heavy atom. The first kappa shape index (κ1) is 18.9. The van der Waals surface area contributed by atoms with Gasteiger partial charge in [0.05, 0.1) is 11.8 Å². The van der Waals surface area contributed by atoms with E-state index in [-0.39, 0.29) is 11.5 Å². The Balaban J connectivity index is 1.44. The van der Waals surface area contributed by atoms with Gasteiger partial charge in [0.25, 0.3) is 0 Å². The number of nitrogens with zero attached hydrogens (tertiary/aromatic N) is 2. The molecule has 1 aromatic rings. The number of aryl methyl sites for hydroxylation is 1. The van der Waals surface area contributed by atoms with Crippen molar-refractivity contribution in [3.05, 3.63) is 23.5 Å². The molecule has 7 atom stereocenters. The Labute approximate surface area is 170 Å². The molecule has 28 heavy (non-hydrogen) atoms. The molecule has 154 valence electrons. The van der Waals surface area contributed by atoms with Crippen LogP contribution >= 0.6 is 0 Å².